The minimum atomic E-state index is -0.629. The second kappa shape index (κ2) is 9.36. The molecule has 0 spiro atoms. The van der Waals surface area contributed by atoms with Crippen molar-refractivity contribution in [2.24, 2.45) is 0 Å². The minimum absolute atomic E-state index is 0.178. The van der Waals surface area contributed by atoms with Gasteiger partial charge >= 0.3 is 6.09 Å². The van der Waals surface area contributed by atoms with Crippen LogP contribution in [-0.2, 0) is 16.1 Å². The van der Waals surface area contributed by atoms with Crippen LogP contribution in [0.1, 0.15) is 33.0 Å². The van der Waals surface area contributed by atoms with Gasteiger partial charge in [-0.15, -0.1) is 0 Å². The van der Waals surface area contributed by atoms with Gasteiger partial charge in [-0.3, -0.25) is 4.79 Å². The Balaban J connectivity index is 2.70. The lowest BCUT2D eigenvalue weighted by molar-refractivity contribution is -0.133. The first-order chi connectivity index (χ1) is 11.1. The van der Waals surface area contributed by atoms with E-state index in [1.54, 1.807) is 51.7 Å². The van der Waals surface area contributed by atoms with Crippen molar-refractivity contribution in [1.29, 1.82) is 0 Å². The van der Waals surface area contributed by atoms with Crippen molar-refractivity contribution in [3.8, 4) is 0 Å². The lowest BCUT2D eigenvalue weighted by atomic mass is 10.2. The molecule has 1 N–H and O–H groups in total. The molecule has 1 aromatic rings. The van der Waals surface area contributed by atoms with Crippen molar-refractivity contribution >= 4 is 39.7 Å². The first kappa shape index (κ1) is 20.9. The summed E-state index contributed by atoms with van der Waals surface area (Å²) in [4.78, 5) is 26.2. The smallest absolute Gasteiger partial charge is 0.408 e. The minimum Gasteiger partial charge on any atom is -0.452 e. The Morgan fingerprint density at radius 1 is 1.42 bits per heavy atom. The molecule has 1 atom stereocenters. The number of nitrogens with one attached hydrogen (secondary N) is 1. The Morgan fingerprint density at radius 2 is 2.08 bits per heavy atom. The van der Waals surface area contributed by atoms with Gasteiger partial charge in [0.05, 0.1) is 6.54 Å². The number of alkyl carbamates (subject to hydrolysis) is 1. The zero-order chi connectivity index (χ0) is 18.3. The summed E-state index contributed by atoms with van der Waals surface area (Å²) >= 11 is 4.86. The molecule has 0 fully saturated rings. The molecule has 136 valence electrons. The van der Waals surface area contributed by atoms with Crippen molar-refractivity contribution in [3.63, 3.8) is 0 Å². The zero-order valence-electron chi connectivity index (χ0n) is 14.7. The first-order valence-electron chi connectivity index (χ1n) is 7.60. The molecule has 0 aromatic carbocycles. The van der Waals surface area contributed by atoms with E-state index in [0.29, 0.717) is 23.4 Å². The highest BCUT2D eigenvalue weighted by Gasteiger charge is 2.26. The van der Waals surface area contributed by atoms with Crippen LogP contribution in [0, 0.1) is 0 Å². The number of hydrogen-bond acceptors (Lipinski definition) is 5. The second-order valence-electron chi connectivity index (χ2n) is 6.38. The third-order valence-electron chi connectivity index (χ3n) is 3.00. The highest BCUT2D eigenvalue weighted by atomic mass is 79.9. The number of ether oxygens (including phenoxy) is 1. The van der Waals surface area contributed by atoms with Crippen LogP contribution in [0.5, 0.6) is 0 Å². The first-order valence-corrected chi connectivity index (χ1v) is 9.78. The molecule has 0 radical (unpaired) electrons. The number of carbonyl (C=O) groups excluding carboxylic acids is 2. The Labute approximate surface area is 155 Å². The monoisotopic (exact) mass is 420 g/mol. The van der Waals surface area contributed by atoms with Gasteiger partial charge in [0, 0.05) is 7.05 Å². The summed E-state index contributed by atoms with van der Waals surface area (Å²) in [6.07, 6.45) is 1.90. The lowest BCUT2D eigenvalue weighted by Gasteiger charge is -2.26. The number of hydrogen-bond donors (Lipinski definition) is 1. The molecule has 1 rings (SSSR count). The zero-order valence-corrected chi connectivity index (χ0v) is 17.1. The maximum absolute atomic E-state index is 12.7. The third kappa shape index (κ3) is 7.61. The van der Waals surface area contributed by atoms with Gasteiger partial charge in [-0.05, 0) is 67.3 Å². The largest absolute Gasteiger partial charge is 0.452 e. The van der Waals surface area contributed by atoms with Gasteiger partial charge < -0.3 is 19.4 Å². The number of likely N-dealkylation sites (N-methyl/N-ethyl adjacent to an activating group) is 1. The summed E-state index contributed by atoms with van der Waals surface area (Å²) in [6.45, 7) is 5.68. The number of halogens is 1. The van der Waals surface area contributed by atoms with Gasteiger partial charge in [0.2, 0.25) is 5.91 Å². The van der Waals surface area contributed by atoms with Crippen LogP contribution in [0.4, 0.5) is 4.79 Å². The molecule has 0 saturated heterocycles. The fourth-order valence-corrected chi connectivity index (χ4v) is 2.77. The van der Waals surface area contributed by atoms with Crippen LogP contribution >= 0.6 is 27.7 Å². The van der Waals surface area contributed by atoms with E-state index in [2.05, 4.69) is 21.2 Å². The standard InChI is InChI=1S/C16H25BrN2O4S/c1-16(2,3)23-15(21)18-12(8-9-24-5)14(20)19(4)10-11-6-7-13(17)22-11/h6-7,12H,8-10H2,1-5H3,(H,18,21). The van der Waals surface area contributed by atoms with Crippen LogP contribution < -0.4 is 5.32 Å². The normalized spacial score (nSPS) is 12.6. The molecular formula is C16H25BrN2O4S. The van der Waals surface area contributed by atoms with Crippen LogP contribution in [0.2, 0.25) is 0 Å². The summed E-state index contributed by atoms with van der Waals surface area (Å²) in [6, 6.07) is 2.94. The predicted octanol–water partition coefficient (Wildman–Crippen LogP) is 3.65. The highest BCUT2D eigenvalue weighted by molar-refractivity contribution is 9.10. The summed E-state index contributed by atoms with van der Waals surface area (Å²) < 4.78 is 11.3. The molecule has 8 heteroatoms. The van der Waals surface area contributed by atoms with E-state index in [-0.39, 0.29) is 5.91 Å². The van der Waals surface area contributed by atoms with Crippen LogP contribution in [0.3, 0.4) is 0 Å². The molecular weight excluding hydrogens is 396 g/mol. The van der Waals surface area contributed by atoms with Gasteiger partial charge in [-0.25, -0.2) is 4.79 Å². The van der Waals surface area contributed by atoms with Gasteiger partial charge in [0.25, 0.3) is 0 Å². The topological polar surface area (TPSA) is 71.8 Å². The third-order valence-corrected chi connectivity index (χ3v) is 4.07. The summed E-state index contributed by atoms with van der Waals surface area (Å²) in [7, 11) is 1.68. The molecule has 6 nitrogen and oxygen atoms in total. The van der Waals surface area contributed by atoms with Crippen molar-refractivity contribution in [2.45, 2.75) is 45.4 Å². The van der Waals surface area contributed by atoms with Gasteiger partial charge in [0.15, 0.2) is 4.67 Å². The molecule has 1 aromatic heterocycles. The quantitative estimate of drug-likeness (QED) is 0.728. The average molecular weight is 421 g/mol. The van der Waals surface area contributed by atoms with Gasteiger partial charge in [-0.2, -0.15) is 11.8 Å². The van der Waals surface area contributed by atoms with E-state index >= 15 is 0 Å². The molecule has 2 amide bonds. The number of nitrogens with zero attached hydrogens (tertiary/aromatic N) is 1. The summed E-state index contributed by atoms with van der Waals surface area (Å²) in [5, 5.41) is 2.67. The van der Waals surface area contributed by atoms with Crippen LogP contribution in [0.15, 0.2) is 21.2 Å². The second-order valence-corrected chi connectivity index (χ2v) is 8.15. The fraction of sp³-hybridized carbons (Fsp3) is 0.625. The maximum Gasteiger partial charge on any atom is 0.408 e. The fourth-order valence-electron chi connectivity index (χ4n) is 1.96. The lowest BCUT2D eigenvalue weighted by Crippen LogP contribution is -2.48. The van der Waals surface area contributed by atoms with E-state index in [1.807, 2.05) is 6.26 Å². The van der Waals surface area contributed by atoms with E-state index in [9.17, 15) is 9.59 Å². The van der Waals surface area contributed by atoms with Gasteiger partial charge in [0.1, 0.15) is 17.4 Å². The Kier molecular flexibility index (Phi) is 8.15. The Bertz CT molecular complexity index is 557. The Hall–Kier alpha value is -1.15. The number of carbonyl (C=O) groups is 2. The summed E-state index contributed by atoms with van der Waals surface area (Å²) in [5.74, 6) is 1.24. The van der Waals surface area contributed by atoms with E-state index < -0.39 is 17.7 Å². The van der Waals surface area contributed by atoms with Crippen molar-refractivity contribution < 1.29 is 18.7 Å². The van der Waals surface area contributed by atoms with Gasteiger partial charge in [-0.1, -0.05) is 0 Å². The van der Waals surface area contributed by atoms with Crippen LogP contribution in [-0.4, -0.2) is 47.6 Å². The van der Waals surface area contributed by atoms with Crippen molar-refractivity contribution in [1.82, 2.24) is 10.2 Å². The molecule has 1 unspecified atom stereocenters. The number of furan rings is 1. The van der Waals surface area contributed by atoms with Crippen molar-refractivity contribution in [3.05, 3.63) is 22.6 Å². The van der Waals surface area contributed by atoms with E-state index in [4.69, 9.17) is 9.15 Å². The molecule has 0 saturated carbocycles. The molecule has 24 heavy (non-hydrogen) atoms. The maximum atomic E-state index is 12.7. The SMILES string of the molecule is CSCCC(NC(=O)OC(C)(C)C)C(=O)N(C)Cc1ccc(Br)o1. The molecule has 0 aliphatic heterocycles. The summed E-state index contributed by atoms with van der Waals surface area (Å²) in [5.41, 5.74) is -0.608. The average Bonchev–Trinajstić information content (AvgIpc) is 2.85. The van der Waals surface area contributed by atoms with Crippen LogP contribution in [0.25, 0.3) is 0 Å². The molecule has 0 aliphatic carbocycles. The number of amides is 2. The molecule has 1 heterocycles. The Morgan fingerprint density at radius 3 is 2.58 bits per heavy atom. The molecule has 0 bridgehead atoms. The highest BCUT2D eigenvalue weighted by Crippen LogP contribution is 2.16. The number of thioether (sulfide) groups is 1. The molecule has 0 aliphatic rings. The number of rotatable bonds is 7. The van der Waals surface area contributed by atoms with Crippen molar-refractivity contribution in [2.75, 3.05) is 19.1 Å². The van der Waals surface area contributed by atoms with E-state index in [1.165, 1.54) is 4.90 Å². The van der Waals surface area contributed by atoms with E-state index in [0.717, 1.165) is 5.75 Å². The predicted molar refractivity (Wildman–Crippen MR) is 99.0 cm³/mol.